The number of ether oxygens (including phenoxy) is 1. The zero-order valence-electron chi connectivity index (χ0n) is 13.1. The number of rotatable bonds is 3. The van der Waals surface area contributed by atoms with Gasteiger partial charge in [0.25, 0.3) is 5.92 Å². The highest BCUT2D eigenvalue weighted by atomic mass is 19.3. The summed E-state index contributed by atoms with van der Waals surface area (Å²) in [5, 5.41) is 0. The summed E-state index contributed by atoms with van der Waals surface area (Å²) in [7, 11) is 0. The zero-order chi connectivity index (χ0) is 15.2. The fraction of sp³-hybridized carbons (Fsp3) is 1.00. The first kappa shape index (κ1) is 15.6. The summed E-state index contributed by atoms with van der Waals surface area (Å²) in [4.78, 5) is 2.59. The number of hydrogen-bond acceptors (Lipinski definition) is 3. The third-order valence-electron chi connectivity index (χ3n) is 5.60. The molecule has 122 valence electrons. The van der Waals surface area contributed by atoms with Gasteiger partial charge in [-0.25, -0.2) is 8.78 Å². The monoisotopic (exact) mass is 302 g/mol. The molecule has 1 unspecified atom stereocenters. The number of hydrogen-bond donors (Lipinski definition) is 1. The van der Waals surface area contributed by atoms with E-state index in [2.05, 4.69) is 18.7 Å². The van der Waals surface area contributed by atoms with Gasteiger partial charge in [0.1, 0.15) is 0 Å². The predicted octanol–water partition coefficient (Wildman–Crippen LogP) is 2.92. The Morgan fingerprint density at radius 1 is 1.14 bits per heavy atom. The molecule has 3 aliphatic rings. The van der Waals surface area contributed by atoms with Gasteiger partial charge in [0, 0.05) is 24.5 Å². The van der Waals surface area contributed by atoms with Crippen molar-refractivity contribution >= 4 is 0 Å². The van der Waals surface area contributed by atoms with Gasteiger partial charge in [0.2, 0.25) is 0 Å². The van der Waals surface area contributed by atoms with Crippen molar-refractivity contribution < 1.29 is 13.5 Å². The number of halogens is 2. The Labute approximate surface area is 126 Å². The Kier molecular flexibility index (Phi) is 4.27. The molecule has 2 N–H and O–H groups in total. The van der Waals surface area contributed by atoms with Gasteiger partial charge in [0.15, 0.2) is 0 Å². The average Bonchev–Trinajstić information content (AvgIpc) is 2.67. The molecule has 1 saturated carbocycles. The van der Waals surface area contributed by atoms with E-state index in [0.29, 0.717) is 31.0 Å². The van der Waals surface area contributed by atoms with Gasteiger partial charge in [0.05, 0.1) is 18.2 Å². The van der Waals surface area contributed by atoms with E-state index in [9.17, 15) is 8.78 Å². The van der Waals surface area contributed by atoms with Gasteiger partial charge >= 0.3 is 0 Å². The van der Waals surface area contributed by atoms with Crippen molar-refractivity contribution in [2.75, 3.05) is 0 Å². The van der Waals surface area contributed by atoms with Crippen LogP contribution in [0.1, 0.15) is 58.8 Å². The maximum absolute atomic E-state index is 13.7. The van der Waals surface area contributed by atoms with E-state index in [1.165, 1.54) is 12.8 Å². The Hall–Kier alpha value is -0.260. The molecule has 0 spiro atoms. The summed E-state index contributed by atoms with van der Waals surface area (Å²) >= 11 is 0. The first-order valence-electron chi connectivity index (χ1n) is 8.45. The molecule has 3 nitrogen and oxygen atoms in total. The van der Waals surface area contributed by atoms with Gasteiger partial charge in [-0.15, -0.1) is 0 Å². The van der Waals surface area contributed by atoms with Crippen molar-refractivity contribution in [2.45, 2.75) is 101 Å². The number of nitrogens with zero attached hydrogens (tertiary/aromatic N) is 1. The highest BCUT2D eigenvalue weighted by molar-refractivity contribution is 4.98. The van der Waals surface area contributed by atoms with E-state index in [-0.39, 0.29) is 12.5 Å². The van der Waals surface area contributed by atoms with Crippen LogP contribution in [0.15, 0.2) is 0 Å². The molecule has 0 aromatic carbocycles. The minimum absolute atomic E-state index is 0.0922. The lowest BCUT2D eigenvalue weighted by molar-refractivity contribution is -0.145. The summed E-state index contributed by atoms with van der Waals surface area (Å²) in [6.45, 7) is 4.48. The van der Waals surface area contributed by atoms with Crippen LogP contribution in [0.5, 0.6) is 0 Å². The van der Waals surface area contributed by atoms with Crippen molar-refractivity contribution in [1.82, 2.24) is 4.90 Å². The van der Waals surface area contributed by atoms with Crippen LogP contribution >= 0.6 is 0 Å². The zero-order valence-corrected chi connectivity index (χ0v) is 13.1. The summed E-state index contributed by atoms with van der Waals surface area (Å²) < 4.78 is 33.5. The first-order chi connectivity index (χ1) is 9.88. The van der Waals surface area contributed by atoms with Crippen molar-refractivity contribution in [3.63, 3.8) is 0 Å². The molecular weight excluding hydrogens is 274 g/mol. The molecule has 0 aromatic heterocycles. The molecule has 2 saturated heterocycles. The van der Waals surface area contributed by atoms with Crippen LogP contribution in [0.25, 0.3) is 0 Å². The molecular formula is C16H28F2N2O. The van der Waals surface area contributed by atoms with E-state index in [4.69, 9.17) is 10.5 Å². The lowest BCUT2D eigenvalue weighted by Gasteiger charge is -2.44. The van der Waals surface area contributed by atoms with Gasteiger partial charge in [-0.2, -0.15) is 0 Å². The fourth-order valence-electron chi connectivity index (χ4n) is 4.67. The second-order valence-corrected chi connectivity index (χ2v) is 7.37. The van der Waals surface area contributed by atoms with E-state index in [1.807, 2.05) is 0 Å². The molecule has 2 heterocycles. The molecule has 3 fully saturated rings. The fourth-order valence-corrected chi connectivity index (χ4v) is 4.67. The van der Waals surface area contributed by atoms with Gasteiger partial charge in [-0.3, -0.25) is 4.90 Å². The minimum atomic E-state index is -2.76. The maximum Gasteiger partial charge on any atom is 0.265 e. The third kappa shape index (κ3) is 2.97. The van der Waals surface area contributed by atoms with Gasteiger partial charge < -0.3 is 10.5 Å². The molecule has 2 aliphatic heterocycles. The molecule has 5 heteroatoms. The highest BCUT2D eigenvalue weighted by Crippen LogP contribution is 2.40. The van der Waals surface area contributed by atoms with Crippen LogP contribution in [0, 0.1) is 0 Å². The molecule has 3 rings (SSSR count). The average molecular weight is 302 g/mol. The number of piperidine rings is 1. The SMILES string of the molecule is CC(C)N1[C@@H]2CC[C@H]1CC(O[C@H]1CCCC(F)(F)[C@@H]1N)C2. The molecule has 0 radical (unpaired) electrons. The van der Waals surface area contributed by atoms with E-state index in [1.54, 1.807) is 0 Å². The van der Waals surface area contributed by atoms with Gasteiger partial charge in [-0.1, -0.05) is 0 Å². The number of nitrogens with two attached hydrogens (primary N) is 1. The van der Waals surface area contributed by atoms with Crippen LogP contribution in [-0.4, -0.2) is 47.2 Å². The normalized spacial score (nSPS) is 43.4. The minimum Gasteiger partial charge on any atom is -0.373 e. The summed E-state index contributed by atoms with van der Waals surface area (Å²) in [5.41, 5.74) is 5.75. The van der Waals surface area contributed by atoms with Crippen LogP contribution < -0.4 is 5.73 Å². The smallest absolute Gasteiger partial charge is 0.265 e. The second kappa shape index (κ2) is 5.74. The predicted molar refractivity (Wildman–Crippen MR) is 78.5 cm³/mol. The van der Waals surface area contributed by atoms with E-state index >= 15 is 0 Å². The molecule has 0 amide bonds. The molecule has 0 aromatic rings. The van der Waals surface area contributed by atoms with E-state index in [0.717, 1.165) is 12.8 Å². The standard InChI is InChI=1S/C16H28F2N2O/c1-10(2)20-11-5-6-12(20)9-13(8-11)21-14-4-3-7-16(17,18)15(14)19/h10-15H,3-9,19H2,1-2H3/t11-,12+,13?,14-,15+/m0/s1. The number of alkyl halides is 2. The lowest BCUT2D eigenvalue weighted by atomic mass is 9.88. The maximum atomic E-state index is 13.7. The topological polar surface area (TPSA) is 38.5 Å². The number of fused-ring (bicyclic) bond motifs is 2. The molecule has 21 heavy (non-hydrogen) atoms. The Morgan fingerprint density at radius 3 is 2.33 bits per heavy atom. The quantitative estimate of drug-likeness (QED) is 0.871. The van der Waals surface area contributed by atoms with Crippen molar-refractivity contribution in [1.29, 1.82) is 0 Å². The Morgan fingerprint density at radius 2 is 1.76 bits per heavy atom. The largest absolute Gasteiger partial charge is 0.373 e. The van der Waals surface area contributed by atoms with Crippen LogP contribution in [0.3, 0.4) is 0 Å². The summed E-state index contributed by atoms with van der Waals surface area (Å²) in [6.07, 6.45) is 5.13. The Balaban J connectivity index is 1.60. The lowest BCUT2D eigenvalue weighted by Crippen LogP contribution is -2.56. The van der Waals surface area contributed by atoms with Crippen molar-refractivity contribution in [3.05, 3.63) is 0 Å². The molecule has 2 bridgehead atoms. The summed E-state index contributed by atoms with van der Waals surface area (Å²) in [6, 6.07) is 0.555. The van der Waals surface area contributed by atoms with Crippen LogP contribution in [0.4, 0.5) is 8.78 Å². The van der Waals surface area contributed by atoms with Gasteiger partial charge in [-0.05, 0) is 52.4 Å². The highest BCUT2D eigenvalue weighted by Gasteiger charge is 2.48. The second-order valence-electron chi connectivity index (χ2n) is 7.37. The van der Waals surface area contributed by atoms with E-state index < -0.39 is 18.1 Å². The summed E-state index contributed by atoms with van der Waals surface area (Å²) in [5.74, 6) is -2.76. The van der Waals surface area contributed by atoms with Crippen LogP contribution in [0.2, 0.25) is 0 Å². The molecule has 1 aliphatic carbocycles. The van der Waals surface area contributed by atoms with Crippen LogP contribution in [-0.2, 0) is 4.74 Å². The van der Waals surface area contributed by atoms with Crippen molar-refractivity contribution in [3.8, 4) is 0 Å². The third-order valence-corrected chi connectivity index (χ3v) is 5.60. The molecule has 5 atom stereocenters. The van der Waals surface area contributed by atoms with Crippen molar-refractivity contribution in [2.24, 2.45) is 5.73 Å². The Bertz CT molecular complexity index is 363. The first-order valence-corrected chi connectivity index (χ1v) is 8.45.